The van der Waals surface area contributed by atoms with E-state index in [1.165, 1.54) is 5.56 Å². The Morgan fingerprint density at radius 3 is 2.59 bits per heavy atom. The molecule has 2 aromatic heterocycles. The number of nitrogens with one attached hydrogen (secondary N) is 3. The van der Waals surface area contributed by atoms with E-state index in [0.717, 1.165) is 71.7 Å². The second kappa shape index (κ2) is 12.4. The highest BCUT2D eigenvalue weighted by Gasteiger charge is 2.29. The Hall–Kier alpha value is -4.43. The fourth-order valence-corrected chi connectivity index (χ4v) is 5.69. The molecule has 5 aromatic rings. The Kier molecular flexibility index (Phi) is 8.09. The minimum atomic E-state index is -0.347. The summed E-state index contributed by atoms with van der Waals surface area (Å²) in [5.41, 5.74) is 4.58. The van der Waals surface area contributed by atoms with Gasteiger partial charge in [0, 0.05) is 29.9 Å². The first-order valence-electron chi connectivity index (χ1n) is 14.4. The summed E-state index contributed by atoms with van der Waals surface area (Å²) in [5, 5.41) is 17.3. The fraction of sp³-hybridized carbons (Fsp3) is 0.303. The van der Waals surface area contributed by atoms with E-state index in [9.17, 15) is 4.79 Å². The van der Waals surface area contributed by atoms with E-state index in [0.29, 0.717) is 13.0 Å². The molecule has 3 aromatic carbocycles. The van der Waals surface area contributed by atoms with E-state index in [4.69, 9.17) is 14.9 Å². The van der Waals surface area contributed by atoms with Crippen molar-refractivity contribution >= 4 is 16.8 Å². The van der Waals surface area contributed by atoms with Gasteiger partial charge in [0.1, 0.15) is 11.6 Å². The molecule has 0 aliphatic carbocycles. The highest BCUT2D eigenvalue weighted by molar-refractivity contribution is 5.84. The summed E-state index contributed by atoms with van der Waals surface area (Å²) >= 11 is 0. The number of hydrogen-bond donors (Lipinski definition) is 3. The molecule has 0 spiro atoms. The van der Waals surface area contributed by atoms with Gasteiger partial charge < -0.3 is 24.9 Å². The summed E-state index contributed by atoms with van der Waals surface area (Å²) in [6.07, 6.45) is 6.08. The molecule has 210 valence electrons. The van der Waals surface area contributed by atoms with Crippen LogP contribution in [0.1, 0.15) is 47.2 Å². The Morgan fingerprint density at radius 1 is 1.00 bits per heavy atom. The van der Waals surface area contributed by atoms with Crippen LogP contribution in [0, 0.1) is 0 Å². The molecule has 1 unspecified atom stereocenters. The van der Waals surface area contributed by atoms with Gasteiger partial charge in [0.2, 0.25) is 5.91 Å². The number of carbonyl (C=O) groups excluding carboxylic acids is 1. The average Bonchev–Trinajstić information content (AvgIpc) is 3.78. The third-order valence-corrected chi connectivity index (χ3v) is 7.94. The van der Waals surface area contributed by atoms with E-state index in [-0.39, 0.29) is 18.0 Å². The molecule has 1 aliphatic heterocycles. The number of aryl methyl sites for hydroxylation is 2. The van der Waals surface area contributed by atoms with Crippen molar-refractivity contribution in [1.82, 2.24) is 30.4 Å². The van der Waals surface area contributed by atoms with Crippen molar-refractivity contribution in [2.45, 2.75) is 50.7 Å². The number of amides is 1. The minimum absolute atomic E-state index is 0.0113. The van der Waals surface area contributed by atoms with Crippen molar-refractivity contribution < 1.29 is 9.53 Å². The summed E-state index contributed by atoms with van der Waals surface area (Å²) in [6.45, 7) is 1.46. The smallest absolute Gasteiger partial charge is 0.237 e. The van der Waals surface area contributed by atoms with Crippen molar-refractivity contribution in [1.29, 1.82) is 0 Å². The third-order valence-electron chi connectivity index (χ3n) is 7.94. The van der Waals surface area contributed by atoms with Gasteiger partial charge in [0.25, 0.3) is 0 Å². The number of fused-ring (bicyclic) bond motifs is 1. The molecule has 1 aliphatic rings. The topological polar surface area (TPSA) is 96.9 Å². The van der Waals surface area contributed by atoms with E-state index in [1.807, 2.05) is 36.5 Å². The molecule has 0 bridgehead atoms. The summed E-state index contributed by atoms with van der Waals surface area (Å²) in [6, 6.07) is 26.2. The van der Waals surface area contributed by atoms with Crippen LogP contribution in [0.25, 0.3) is 10.9 Å². The van der Waals surface area contributed by atoms with Crippen molar-refractivity contribution in [2.75, 3.05) is 13.7 Å². The Labute approximate surface area is 240 Å². The van der Waals surface area contributed by atoms with Gasteiger partial charge in [0.15, 0.2) is 5.82 Å². The fourth-order valence-electron chi connectivity index (χ4n) is 5.69. The SMILES string of the molecule is COc1ccc(Cn2c(CCc3ccccc3)nnc2C(Cc2c[nH]c3ccccc23)NC(=O)[C@@H]2CCCN2)cc1. The lowest BCUT2D eigenvalue weighted by Crippen LogP contribution is -2.43. The van der Waals surface area contributed by atoms with Gasteiger partial charge in [-0.1, -0.05) is 60.7 Å². The van der Waals surface area contributed by atoms with Crippen LogP contribution in [0.4, 0.5) is 0 Å². The van der Waals surface area contributed by atoms with Crippen LogP contribution in [0.3, 0.4) is 0 Å². The minimum Gasteiger partial charge on any atom is -0.497 e. The molecular formula is C33H36N6O2. The maximum atomic E-state index is 13.4. The van der Waals surface area contributed by atoms with Crippen LogP contribution in [0.15, 0.2) is 85.1 Å². The number of para-hydroxylation sites is 1. The number of aromatic amines is 1. The Morgan fingerprint density at radius 2 is 1.80 bits per heavy atom. The molecule has 3 heterocycles. The summed E-state index contributed by atoms with van der Waals surface area (Å²) in [4.78, 5) is 16.8. The average molecular weight is 549 g/mol. The van der Waals surface area contributed by atoms with E-state index >= 15 is 0 Å². The molecule has 1 fully saturated rings. The maximum absolute atomic E-state index is 13.4. The molecule has 8 nitrogen and oxygen atoms in total. The van der Waals surface area contributed by atoms with Gasteiger partial charge in [0.05, 0.1) is 25.7 Å². The van der Waals surface area contributed by atoms with Crippen molar-refractivity contribution in [3.8, 4) is 5.75 Å². The van der Waals surface area contributed by atoms with Crippen molar-refractivity contribution in [3.05, 3.63) is 113 Å². The molecule has 41 heavy (non-hydrogen) atoms. The molecule has 2 atom stereocenters. The van der Waals surface area contributed by atoms with Gasteiger partial charge in [-0.05, 0) is 60.7 Å². The third kappa shape index (κ3) is 6.18. The number of H-pyrrole nitrogens is 1. The lowest BCUT2D eigenvalue weighted by Gasteiger charge is -2.22. The first-order valence-corrected chi connectivity index (χ1v) is 14.4. The molecular weight excluding hydrogens is 512 g/mol. The van der Waals surface area contributed by atoms with Crippen LogP contribution in [0.2, 0.25) is 0 Å². The quantitative estimate of drug-likeness (QED) is 0.221. The summed E-state index contributed by atoms with van der Waals surface area (Å²) in [7, 11) is 1.67. The highest BCUT2D eigenvalue weighted by Crippen LogP contribution is 2.26. The standard InChI is InChI=1S/C33H36N6O2/c1-41-26-16-13-24(14-17-26)22-39-31(18-15-23-8-3-2-4-9-23)37-38-32(39)30(36-33(40)29-12-7-19-34-29)20-25-21-35-28-11-6-5-10-27(25)28/h2-6,8-11,13-14,16-17,21,29-30,34-35H,7,12,15,18-20,22H2,1H3,(H,36,40)/t29-,30?/m0/s1. The number of aromatic nitrogens is 4. The summed E-state index contributed by atoms with van der Waals surface area (Å²) in [5.74, 6) is 2.49. The van der Waals surface area contributed by atoms with E-state index in [2.05, 4.69) is 68.7 Å². The van der Waals surface area contributed by atoms with Gasteiger partial charge in [-0.25, -0.2) is 0 Å². The monoisotopic (exact) mass is 548 g/mol. The van der Waals surface area contributed by atoms with Gasteiger partial charge in [-0.2, -0.15) is 0 Å². The number of methoxy groups -OCH3 is 1. The van der Waals surface area contributed by atoms with Crippen LogP contribution in [-0.4, -0.2) is 45.4 Å². The molecule has 1 amide bonds. The van der Waals surface area contributed by atoms with Crippen LogP contribution in [-0.2, 0) is 30.6 Å². The highest BCUT2D eigenvalue weighted by atomic mass is 16.5. The lowest BCUT2D eigenvalue weighted by atomic mass is 10.0. The van der Waals surface area contributed by atoms with Gasteiger partial charge in [-0.3, -0.25) is 4.79 Å². The Balaban J connectivity index is 1.36. The zero-order valence-corrected chi connectivity index (χ0v) is 23.3. The molecule has 6 rings (SSSR count). The number of benzene rings is 3. The predicted molar refractivity (Wildman–Crippen MR) is 160 cm³/mol. The van der Waals surface area contributed by atoms with Crippen LogP contribution >= 0.6 is 0 Å². The number of ether oxygens (including phenoxy) is 1. The zero-order chi connectivity index (χ0) is 28.0. The molecule has 1 saturated heterocycles. The van der Waals surface area contributed by atoms with Crippen molar-refractivity contribution in [2.24, 2.45) is 0 Å². The van der Waals surface area contributed by atoms with Gasteiger partial charge in [-0.15, -0.1) is 10.2 Å². The van der Waals surface area contributed by atoms with Crippen LogP contribution < -0.4 is 15.4 Å². The largest absolute Gasteiger partial charge is 0.497 e. The second-order valence-electron chi connectivity index (χ2n) is 10.7. The number of hydrogen-bond acceptors (Lipinski definition) is 5. The van der Waals surface area contributed by atoms with Gasteiger partial charge >= 0.3 is 0 Å². The molecule has 8 heteroatoms. The normalized spacial score (nSPS) is 15.7. The van der Waals surface area contributed by atoms with Crippen LogP contribution in [0.5, 0.6) is 5.75 Å². The predicted octanol–water partition coefficient (Wildman–Crippen LogP) is 4.75. The number of rotatable bonds is 11. The van der Waals surface area contributed by atoms with E-state index < -0.39 is 0 Å². The molecule has 3 N–H and O–H groups in total. The van der Waals surface area contributed by atoms with E-state index in [1.54, 1.807) is 7.11 Å². The van der Waals surface area contributed by atoms with Crippen molar-refractivity contribution in [3.63, 3.8) is 0 Å². The molecule has 0 saturated carbocycles. The molecule has 0 radical (unpaired) electrons. The second-order valence-corrected chi connectivity index (χ2v) is 10.7. The first kappa shape index (κ1) is 26.8. The maximum Gasteiger partial charge on any atom is 0.237 e. The Bertz CT molecular complexity index is 1590. The number of nitrogens with zero attached hydrogens (tertiary/aromatic N) is 3. The lowest BCUT2D eigenvalue weighted by molar-refractivity contribution is -0.123. The first-order chi connectivity index (χ1) is 20.2. The zero-order valence-electron chi connectivity index (χ0n) is 23.3. The number of carbonyl (C=O) groups is 1. The summed E-state index contributed by atoms with van der Waals surface area (Å²) < 4.78 is 7.56.